The zero-order valence-electron chi connectivity index (χ0n) is 16.0. The fourth-order valence-electron chi connectivity index (χ4n) is 4.11. The van der Waals surface area contributed by atoms with Crippen molar-refractivity contribution in [3.63, 3.8) is 0 Å². The molecule has 0 spiro atoms. The molecule has 0 saturated carbocycles. The molecular weight excluding hydrogens is 370 g/mol. The highest BCUT2D eigenvalue weighted by atomic mass is 32.1. The van der Waals surface area contributed by atoms with Gasteiger partial charge < -0.3 is 4.52 Å². The van der Waals surface area contributed by atoms with Crippen LogP contribution in [0.1, 0.15) is 40.3 Å². The number of aromatic nitrogens is 3. The summed E-state index contributed by atoms with van der Waals surface area (Å²) in [6.45, 7) is 4.25. The van der Waals surface area contributed by atoms with Gasteiger partial charge in [-0.15, -0.1) is 11.3 Å². The van der Waals surface area contributed by atoms with Gasteiger partial charge in [0.05, 0.1) is 17.9 Å². The maximum absolute atomic E-state index is 13.1. The zero-order valence-corrected chi connectivity index (χ0v) is 16.8. The Morgan fingerprint density at radius 3 is 2.68 bits per heavy atom. The summed E-state index contributed by atoms with van der Waals surface area (Å²) in [7, 11) is 0. The summed E-state index contributed by atoms with van der Waals surface area (Å²) < 4.78 is 7.11. The van der Waals surface area contributed by atoms with E-state index in [0.29, 0.717) is 6.54 Å². The fourth-order valence-corrected chi connectivity index (χ4v) is 5.50. The number of hydrogen-bond donors (Lipinski definition) is 0. The predicted molar refractivity (Wildman–Crippen MR) is 111 cm³/mol. The van der Waals surface area contributed by atoms with Crippen molar-refractivity contribution in [2.24, 2.45) is 0 Å². The predicted octanol–water partition coefficient (Wildman–Crippen LogP) is 4.66. The number of fused-ring (bicyclic) bond motifs is 3. The van der Waals surface area contributed by atoms with Gasteiger partial charge in [-0.25, -0.2) is 4.79 Å². The highest BCUT2D eigenvalue weighted by Gasteiger charge is 2.24. The van der Waals surface area contributed by atoms with Crippen LogP contribution in [0.15, 0.2) is 39.6 Å². The minimum Gasteiger partial charge on any atom is -0.361 e. The molecule has 5 rings (SSSR count). The Labute approximate surface area is 166 Å². The first-order chi connectivity index (χ1) is 13.6. The summed E-state index contributed by atoms with van der Waals surface area (Å²) >= 11 is 1.75. The number of rotatable bonds is 3. The maximum Gasteiger partial charge on any atom is 0.349 e. The number of hydrogen-bond acceptors (Lipinski definition) is 5. The van der Waals surface area contributed by atoms with E-state index in [1.54, 1.807) is 15.9 Å². The first-order valence-electron chi connectivity index (χ1n) is 9.65. The Hall–Kier alpha value is -2.73. The lowest BCUT2D eigenvalue weighted by atomic mass is 9.95. The third-order valence-corrected chi connectivity index (χ3v) is 6.93. The molecule has 5 nitrogen and oxygen atoms in total. The molecule has 28 heavy (non-hydrogen) atoms. The van der Waals surface area contributed by atoms with Gasteiger partial charge in [0.15, 0.2) is 0 Å². The zero-order chi connectivity index (χ0) is 19.3. The third kappa shape index (κ3) is 2.71. The Morgan fingerprint density at radius 1 is 1.14 bits per heavy atom. The summed E-state index contributed by atoms with van der Waals surface area (Å²) in [5.74, 6) is 0.756. The van der Waals surface area contributed by atoms with Gasteiger partial charge >= 0.3 is 5.69 Å². The second-order valence-electron chi connectivity index (χ2n) is 7.39. The van der Waals surface area contributed by atoms with E-state index < -0.39 is 0 Å². The molecular formula is C22H21N3O2S. The van der Waals surface area contributed by atoms with Crippen LogP contribution in [0, 0.1) is 13.8 Å². The van der Waals surface area contributed by atoms with Crippen LogP contribution in [0.3, 0.4) is 0 Å². The van der Waals surface area contributed by atoms with E-state index in [-0.39, 0.29) is 5.69 Å². The third-order valence-electron chi connectivity index (χ3n) is 5.62. The molecule has 0 fully saturated rings. The summed E-state index contributed by atoms with van der Waals surface area (Å²) in [6, 6.07) is 10.1. The van der Waals surface area contributed by atoms with Crippen molar-refractivity contribution in [1.82, 2.24) is 14.7 Å². The van der Waals surface area contributed by atoms with Crippen LogP contribution >= 0.6 is 11.3 Å². The highest BCUT2D eigenvalue weighted by Crippen LogP contribution is 2.40. The molecule has 142 valence electrons. The Bertz CT molecular complexity index is 1210. The normalized spacial score (nSPS) is 13.8. The molecule has 0 unspecified atom stereocenters. The van der Waals surface area contributed by atoms with E-state index in [2.05, 4.69) is 10.1 Å². The molecule has 0 radical (unpaired) electrons. The van der Waals surface area contributed by atoms with Gasteiger partial charge in [-0.1, -0.05) is 35.5 Å². The van der Waals surface area contributed by atoms with Gasteiger partial charge in [-0.2, -0.15) is 4.98 Å². The van der Waals surface area contributed by atoms with Gasteiger partial charge in [-0.05, 0) is 45.1 Å². The van der Waals surface area contributed by atoms with Crippen LogP contribution in [0.2, 0.25) is 0 Å². The quantitative estimate of drug-likeness (QED) is 0.510. The van der Waals surface area contributed by atoms with Gasteiger partial charge in [0.2, 0.25) is 0 Å². The first kappa shape index (κ1) is 17.4. The lowest BCUT2D eigenvalue weighted by molar-refractivity contribution is 0.392. The number of benzene rings is 1. The van der Waals surface area contributed by atoms with Crippen molar-refractivity contribution in [2.45, 2.75) is 46.1 Å². The van der Waals surface area contributed by atoms with Crippen LogP contribution in [-0.2, 0) is 19.4 Å². The van der Waals surface area contributed by atoms with Crippen molar-refractivity contribution in [1.29, 1.82) is 0 Å². The van der Waals surface area contributed by atoms with Crippen LogP contribution in [0.5, 0.6) is 0 Å². The van der Waals surface area contributed by atoms with Gasteiger partial charge in [0.25, 0.3) is 0 Å². The number of nitrogens with zero attached hydrogens (tertiary/aromatic N) is 3. The van der Waals surface area contributed by atoms with E-state index in [0.717, 1.165) is 51.3 Å². The van der Waals surface area contributed by atoms with Gasteiger partial charge in [-0.3, -0.25) is 4.57 Å². The molecule has 0 aliphatic heterocycles. The summed E-state index contributed by atoms with van der Waals surface area (Å²) in [5, 5.41) is 5.20. The van der Waals surface area contributed by atoms with Crippen molar-refractivity contribution in [3.8, 4) is 11.3 Å². The Balaban J connectivity index is 1.80. The molecule has 1 aliphatic rings. The monoisotopic (exact) mass is 391 g/mol. The van der Waals surface area contributed by atoms with Crippen molar-refractivity contribution < 1.29 is 4.52 Å². The highest BCUT2D eigenvalue weighted by molar-refractivity contribution is 7.19. The number of thiophene rings is 1. The maximum atomic E-state index is 13.1. The van der Waals surface area contributed by atoms with Gasteiger partial charge in [0, 0.05) is 21.4 Å². The molecule has 1 aromatic carbocycles. The molecule has 0 amide bonds. The van der Waals surface area contributed by atoms with E-state index in [1.807, 2.05) is 44.2 Å². The molecule has 3 heterocycles. The first-order valence-corrected chi connectivity index (χ1v) is 10.5. The van der Waals surface area contributed by atoms with Crippen LogP contribution in [0.25, 0.3) is 21.5 Å². The summed E-state index contributed by atoms with van der Waals surface area (Å²) in [5.41, 5.74) is 4.76. The lowest BCUT2D eigenvalue weighted by Gasteiger charge is -2.13. The van der Waals surface area contributed by atoms with Crippen LogP contribution < -0.4 is 5.69 Å². The van der Waals surface area contributed by atoms with Crippen molar-refractivity contribution in [2.75, 3.05) is 0 Å². The summed E-state index contributed by atoms with van der Waals surface area (Å²) in [4.78, 5) is 20.1. The van der Waals surface area contributed by atoms with E-state index in [9.17, 15) is 4.79 Å². The fraction of sp³-hybridized carbons (Fsp3) is 0.318. The van der Waals surface area contributed by atoms with Crippen LogP contribution in [-0.4, -0.2) is 14.7 Å². The lowest BCUT2D eigenvalue weighted by Crippen LogP contribution is -2.24. The largest absolute Gasteiger partial charge is 0.361 e. The van der Waals surface area contributed by atoms with Gasteiger partial charge in [0.1, 0.15) is 10.6 Å². The standard InChI is InChI=1S/C22H21N3O2S/c1-13-17(14(2)27-24-13)12-25-21-19(16-10-6-7-11-18(16)28-21)20(23-22(25)26)15-8-4-3-5-9-15/h3-5,8-9H,6-7,10-12H2,1-2H3. The molecule has 0 N–H and O–H groups in total. The van der Waals surface area contributed by atoms with Crippen molar-refractivity contribution in [3.05, 3.63) is 68.3 Å². The molecule has 1 aliphatic carbocycles. The molecule has 0 bridgehead atoms. The average Bonchev–Trinajstić information content (AvgIpc) is 3.25. The molecule has 0 saturated heterocycles. The Kier molecular flexibility index (Phi) is 4.16. The molecule has 3 aromatic heterocycles. The van der Waals surface area contributed by atoms with Crippen LogP contribution in [0.4, 0.5) is 0 Å². The smallest absolute Gasteiger partial charge is 0.349 e. The minimum absolute atomic E-state index is 0.218. The average molecular weight is 391 g/mol. The van der Waals surface area contributed by atoms with Crippen molar-refractivity contribution >= 4 is 21.6 Å². The second-order valence-corrected chi connectivity index (χ2v) is 8.47. The molecule has 4 aromatic rings. The van der Waals surface area contributed by atoms with E-state index >= 15 is 0 Å². The Morgan fingerprint density at radius 2 is 1.93 bits per heavy atom. The minimum atomic E-state index is -0.218. The van der Waals surface area contributed by atoms with E-state index in [1.165, 1.54) is 23.3 Å². The number of aryl methyl sites for hydroxylation is 4. The summed E-state index contributed by atoms with van der Waals surface area (Å²) in [6.07, 6.45) is 4.54. The SMILES string of the molecule is Cc1noc(C)c1Cn1c(=O)nc(-c2ccccc2)c2c3c(sc21)CCCC3. The topological polar surface area (TPSA) is 60.9 Å². The molecule has 0 atom stereocenters. The molecule has 6 heteroatoms. The second kappa shape index (κ2) is 6.71. The van der Waals surface area contributed by atoms with E-state index in [4.69, 9.17) is 4.52 Å².